The lowest BCUT2D eigenvalue weighted by atomic mass is 9.76. The van der Waals surface area contributed by atoms with Crippen molar-refractivity contribution < 1.29 is 19.1 Å². The van der Waals surface area contributed by atoms with Crippen LogP contribution >= 0.6 is 0 Å². The Morgan fingerprint density at radius 1 is 0.750 bits per heavy atom. The van der Waals surface area contributed by atoms with Gasteiger partial charge in [-0.15, -0.1) is 0 Å². The summed E-state index contributed by atoms with van der Waals surface area (Å²) >= 11 is 0. The number of esters is 2. The van der Waals surface area contributed by atoms with Gasteiger partial charge in [0.1, 0.15) is 19.3 Å². The maximum absolute atomic E-state index is 13.3. The zero-order chi connectivity index (χ0) is 25.6. The summed E-state index contributed by atoms with van der Waals surface area (Å²) in [4.78, 5) is 25.3. The van der Waals surface area contributed by atoms with Crippen molar-refractivity contribution in [2.24, 2.45) is 0 Å². The molecule has 0 aliphatic carbocycles. The van der Waals surface area contributed by atoms with E-state index < -0.39 is 17.6 Å². The molecule has 0 unspecified atom stereocenters. The first-order valence-electron chi connectivity index (χ1n) is 12.1. The van der Waals surface area contributed by atoms with Gasteiger partial charge in [-0.1, -0.05) is 116 Å². The van der Waals surface area contributed by atoms with Gasteiger partial charge in [0.2, 0.25) is 0 Å². The second kappa shape index (κ2) is 13.8. The van der Waals surface area contributed by atoms with E-state index in [1.54, 1.807) is 6.08 Å². The Bertz CT molecular complexity index is 1020. The average molecular weight is 484 g/mol. The van der Waals surface area contributed by atoms with Gasteiger partial charge in [-0.2, -0.15) is 0 Å². The molecular formula is C31H33NO4. The van der Waals surface area contributed by atoms with Crippen LogP contribution in [0.5, 0.6) is 0 Å². The third-order valence-corrected chi connectivity index (χ3v) is 5.87. The van der Waals surface area contributed by atoms with Gasteiger partial charge in [0.15, 0.2) is 0 Å². The fraction of sp³-hybridized carbons (Fsp3) is 0.226. The largest absolute Gasteiger partial charge is 0.461 e. The highest BCUT2D eigenvalue weighted by molar-refractivity contribution is 5.77. The minimum Gasteiger partial charge on any atom is -0.461 e. The molecule has 0 bridgehead atoms. The highest BCUT2D eigenvalue weighted by Gasteiger charge is 2.40. The Kier molecular flexibility index (Phi) is 10.2. The number of hydrogen-bond acceptors (Lipinski definition) is 5. The van der Waals surface area contributed by atoms with Crippen molar-refractivity contribution in [2.45, 2.75) is 30.8 Å². The molecule has 0 saturated carbocycles. The van der Waals surface area contributed by atoms with Crippen LogP contribution < -0.4 is 5.32 Å². The Morgan fingerprint density at radius 2 is 1.19 bits per heavy atom. The lowest BCUT2D eigenvalue weighted by Crippen LogP contribution is -2.53. The molecule has 5 nitrogen and oxygen atoms in total. The molecule has 0 aliphatic rings. The van der Waals surface area contributed by atoms with Gasteiger partial charge in [-0.3, -0.25) is 14.9 Å². The van der Waals surface area contributed by atoms with Crippen LogP contribution in [0.3, 0.4) is 0 Å². The second-order valence-corrected chi connectivity index (χ2v) is 8.33. The molecule has 0 aromatic heterocycles. The zero-order valence-corrected chi connectivity index (χ0v) is 20.5. The molecule has 0 amide bonds. The lowest BCUT2D eigenvalue weighted by Gasteiger charge is -2.39. The van der Waals surface area contributed by atoms with Crippen molar-refractivity contribution >= 4 is 11.9 Å². The van der Waals surface area contributed by atoms with Crippen LogP contribution in [-0.2, 0) is 24.6 Å². The predicted octanol–water partition coefficient (Wildman–Crippen LogP) is 5.57. The van der Waals surface area contributed by atoms with Crippen LogP contribution in [0.4, 0.5) is 0 Å². The lowest BCUT2D eigenvalue weighted by molar-refractivity contribution is -0.146. The quantitative estimate of drug-likeness (QED) is 0.185. The Hall–Kier alpha value is -3.96. The van der Waals surface area contributed by atoms with Gasteiger partial charge < -0.3 is 9.47 Å². The summed E-state index contributed by atoms with van der Waals surface area (Å²) in [5, 5.41) is 3.66. The van der Waals surface area contributed by atoms with Crippen LogP contribution in [0.15, 0.2) is 116 Å². The molecule has 36 heavy (non-hydrogen) atoms. The van der Waals surface area contributed by atoms with E-state index in [0.29, 0.717) is 12.8 Å². The molecule has 186 valence electrons. The van der Waals surface area contributed by atoms with E-state index >= 15 is 0 Å². The van der Waals surface area contributed by atoms with Gasteiger partial charge in [0.25, 0.3) is 0 Å². The van der Waals surface area contributed by atoms with Crippen molar-refractivity contribution in [3.05, 3.63) is 133 Å². The van der Waals surface area contributed by atoms with Crippen molar-refractivity contribution in [1.29, 1.82) is 0 Å². The van der Waals surface area contributed by atoms with Crippen LogP contribution in [0.1, 0.15) is 36.0 Å². The molecule has 0 spiro atoms. The summed E-state index contributed by atoms with van der Waals surface area (Å²) in [6.45, 7) is 7.49. The van der Waals surface area contributed by atoms with Crippen LogP contribution in [0.2, 0.25) is 0 Å². The standard InChI is InChI=1S/C31H33NO4/c1-3-23-35-29(33)22-14-21-28(30(34)36-24-4-2)32-31(25-15-8-5-9-16-25,26-17-10-6-11-18-26)27-19-12-7-13-20-27/h3-13,15-20,28,32H,1-2,14,21-24H2/t28-/m0/s1. The minimum absolute atomic E-state index is 0.105. The number of carbonyl (C=O) groups excluding carboxylic acids is 2. The molecule has 0 saturated heterocycles. The third kappa shape index (κ3) is 6.80. The molecule has 0 aliphatic heterocycles. The Morgan fingerprint density at radius 3 is 1.64 bits per heavy atom. The molecular weight excluding hydrogens is 450 g/mol. The fourth-order valence-electron chi connectivity index (χ4n) is 4.24. The smallest absolute Gasteiger partial charge is 0.323 e. The number of benzene rings is 3. The monoisotopic (exact) mass is 483 g/mol. The minimum atomic E-state index is -0.842. The molecule has 1 atom stereocenters. The summed E-state index contributed by atoms with van der Waals surface area (Å²) in [5.74, 6) is -0.727. The second-order valence-electron chi connectivity index (χ2n) is 8.33. The molecule has 3 aromatic carbocycles. The first-order valence-corrected chi connectivity index (χ1v) is 12.1. The average Bonchev–Trinajstić information content (AvgIpc) is 2.94. The molecule has 3 aromatic rings. The van der Waals surface area contributed by atoms with E-state index in [4.69, 9.17) is 9.47 Å². The summed E-state index contributed by atoms with van der Waals surface area (Å²) < 4.78 is 10.6. The van der Waals surface area contributed by atoms with E-state index in [1.165, 1.54) is 6.08 Å². The number of carbonyl (C=O) groups is 2. The van der Waals surface area contributed by atoms with Gasteiger partial charge in [-0.05, 0) is 29.5 Å². The maximum Gasteiger partial charge on any atom is 0.323 e. The third-order valence-electron chi connectivity index (χ3n) is 5.87. The van der Waals surface area contributed by atoms with Gasteiger partial charge in [0, 0.05) is 6.42 Å². The summed E-state index contributed by atoms with van der Waals surface area (Å²) in [6.07, 6.45) is 4.09. The highest BCUT2D eigenvalue weighted by atomic mass is 16.5. The topological polar surface area (TPSA) is 64.6 Å². The van der Waals surface area contributed by atoms with E-state index in [2.05, 4.69) is 18.5 Å². The number of rotatable bonds is 14. The van der Waals surface area contributed by atoms with Crippen molar-refractivity contribution in [3.63, 3.8) is 0 Å². The number of nitrogens with one attached hydrogen (secondary N) is 1. The van der Waals surface area contributed by atoms with E-state index in [9.17, 15) is 9.59 Å². The fourth-order valence-corrected chi connectivity index (χ4v) is 4.24. The molecule has 0 heterocycles. The van der Waals surface area contributed by atoms with E-state index in [-0.39, 0.29) is 25.6 Å². The first-order chi connectivity index (χ1) is 17.6. The molecule has 5 heteroatoms. The summed E-state index contributed by atoms with van der Waals surface area (Å²) in [6, 6.07) is 29.4. The van der Waals surface area contributed by atoms with Gasteiger partial charge in [-0.25, -0.2) is 0 Å². The van der Waals surface area contributed by atoms with E-state index in [1.807, 2.05) is 91.0 Å². The first kappa shape index (κ1) is 26.6. The zero-order valence-electron chi connectivity index (χ0n) is 20.5. The van der Waals surface area contributed by atoms with Crippen molar-refractivity contribution in [3.8, 4) is 0 Å². The van der Waals surface area contributed by atoms with E-state index in [0.717, 1.165) is 16.7 Å². The SMILES string of the molecule is C=CCOC(=O)CCC[C@H](NC(c1ccccc1)(c1ccccc1)c1ccccc1)C(=O)OCC=C. The maximum atomic E-state index is 13.3. The number of ether oxygens (including phenoxy) is 2. The highest BCUT2D eigenvalue weighted by Crippen LogP contribution is 2.37. The normalized spacial score (nSPS) is 11.8. The van der Waals surface area contributed by atoms with Crippen LogP contribution in [-0.4, -0.2) is 31.2 Å². The molecule has 0 fully saturated rings. The van der Waals surface area contributed by atoms with Crippen molar-refractivity contribution in [1.82, 2.24) is 5.32 Å². The molecule has 1 N–H and O–H groups in total. The van der Waals surface area contributed by atoms with Crippen LogP contribution in [0, 0.1) is 0 Å². The Labute approximate surface area is 213 Å². The Balaban J connectivity index is 2.04. The predicted molar refractivity (Wildman–Crippen MR) is 142 cm³/mol. The number of hydrogen-bond donors (Lipinski definition) is 1. The van der Waals surface area contributed by atoms with Gasteiger partial charge in [0.05, 0.1) is 5.54 Å². The summed E-state index contributed by atoms with van der Waals surface area (Å²) in [7, 11) is 0. The van der Waals surface area contributed by atoms with Gasteiger partial charge >= 0.3 is 11.9 Å². The van der Waals surface area contributed by atoms with Crippen molar-refractivity contribution in [2.75, 3.05) is 13.2 Å². The van der Waals surface area contributed by atoms with Crippen LogP contribution in [0.25, 0.3) is 0 Å². The molecule has 3 rings (SSSR count). The molecule has 0 radical (unpaired) electrons. The summed E-state index contributed by atoms with van der Waals surface area (Å²) in [5.41, 5.74) is 2.10.